The molecule has 0 aliphatic heterocycles. The molecule has 0 fully saturated rings. The van der Waals surface area contributed by atoms with Gasteiger partial charge in [0.15, 0.2) is 40.6 Å². The number of para-hydroxylation sites is 2. The summed E-state index contributed by atoms with van der Waals surface area (Å²) in [5.41, 5.74) is 1.12. The Morgan fingerprint density at radius 2 is 1.33 bits per heavy atom. The van der Waals surface area contributed by atoms with Crippen LogP contribution in [0.25, 0.3) is 22.9 Å². The zero-order valence-electron chi connectivity index (χ0n) is 46.4. The Morgan fingerprint density at radius 1 is 0.674 bits per heavy atom. The minimum atomic E-state index is -5.08. The van der Waals surface area contributed by atoms with Crippen molar-refractivity contribution in [1.82, 2.24) is 56.3 Å². The van der Waals surface area contributed by atoms with Crippen molar-refractivity contribution in [3.63, 3.8) is 0 Å². The number of carbonyl (C=O) groups is 3. The molecule has 86 heavy (non-hydrogen) atoms. The van der Waals surface area contributed by atoms with Crippen LogP contribution < -0.4 is 18.5 Å². The molecule has 36 nitrogen and oxygen atoms in total. The van der Waals surface area contributed by atoms with Gasteiger partial charge < -0.3 is 47.4 Å². The van der Waals surface area contributed by atoms with Gasteiger partial charge in [-0.05, 0) is 83.8 Å². The van der Waals surface area contributed by atoms with Crippen LogP contribution in [0.2, 0.25) is 0 Å². The van der Waals surface area contributed by atoms with Crippen LogP contribution in [-0.2, 0) is 64.3 Å². The van der Waals surface area contributed by atoms with Gasteiger partial charge in [-0.2, -0.15) is 18.1 Å². The number of hydrogen-bond acceptors (Lipinski definition) is 34. The summed E-state index contributed by atoms with van der Waals surface area (Å²) < 4.78 is 88.0. The quantitative estimate of drug-likeness (QED) is 0.0103. The molecule has 0 spiro atoms. The fraction of sp³-hybridized carbons (Fsp3) is 0.388. The molecular weight excluding hydrogens is 1170 g/mol. The third-order valence-electron chi connectivity index (χ3n) is 11.0. The molecule has 0 aliphatic carbocycles. The van der Waals surface area contributed by atoms with Crippen LogP contribution in [0.3, 0.4) is 0 Å². The number of carbonyl (C=O) groups excluding carboxylic acids is 3. The minimum absolute atomic E-state index is 0.00413. The molecular formula is C49H60N12O24S. The summed E-state index contributed by atoms with van der Waals surface area (Å²) in [6.45, 7) is 3.13. The second-order valence-electron chi connectivity index (χ2n) is 17.3. The summed E-state index contributed by atoms with van der Waals surface area (Å²) in [6, 6.07) is 17.6. The van der Waals surface area contributed by atoms with Crippen LogP contribution in [0.4, 0.5) is 15.4 Å². The first-order chi connectivity index (χ1) is 41.2. The number of anilines is 1. The van der Waals surface area contributed by atoms with Gasteiger partial charge in [-0.25, -0.2) is 43.2 Å². The zero-order valence-corrected chi connectivity index (χ0v) is 47.2. The van der Waals surface area contributed by atoms with E-state index in [4.69, 9.17) is 83.6 Å². The Hall–Kier alpha value is -8.51. The maximum Gasteiger partial charge on any atom is 0.510 e. The highest BCUT2D eigenvalue weighted by Crippen LogP contribution is 2.45. The van der Waals surface area contributed by atoms with Crippen molar-refractivity contribution in [2.24, 2.45) is 0 Å². The Labute approximate surface area is 488 Å². The molecule has 0 saturated carbocycles. The van der Waals surface area contributed by atoms with Crippen LogP contribution in [0.5, 0.6) is 23.1 Å². The van der Waals surface area contributed by atoms with Crippen LogP contribution in [0.15, 0.2) is 90.2 Å². The first-order valence-corrected chi connectivity index (χ1v) is 26.8. The number of hydrogen-bond donors (Lipinski definition) is 6. The summed E-state index contributed by atoms with van der Waals surface area (Å²) in [6.07, 6.45) is -3.07. The van der Waals surface area contributed by atoms with E-state index >= 15 is 8.42 Å². The molecule has 6 N–H and O–H groups in total. The SMILES string of the molecule is COc1ccccc1Oc1c(OCCOC(=O)c2cccc(CON(O)O)c2)nc(-c2ccnc(-c3nnnn3C(C)OC(=O)OCCOCCON(O)O)c2)nc1N(C(C)OC(=O)OCCOCCON(O)O)S(=O)(=O)c1ccc(C(C)C)cn1. The molecule has 2 atom stereocenters. The van der Waals surface area contributed by atoms with Crippen molar-refractivity contribution in [1.29, 1.82) is 0 Å². The van der Waals surface area contributed by atoms with Gasteiger partial charge in [0.25, 0.3) is 15.9 Å². The zero-order chi connectivity index (χ0) is 62.2. The summed E-state index contributed by atoms with van der Waals surface area (Å²) in [7, 11) is -3.74. The number of sulfonamides is 1. The average molecular weight is 1230 g/mol. The maximum absolute atomic E-state index is 15.4. The molecule has 6 aromatic rings. The normalized spacial score (nSPS) is 12.3. The van der Waals surface area contributed by atoms with Crippen LogP contribution in [0.1, 0.15) is 61.3 Å². The number of pyridine rings is 2. The molecule has 4 heterocycles. The van der Waals surface area contributed by atoms with E-state index in [1.54, 1.807) is 18.2 Å². The highest BCUT2D eigenvalue weighted by Gasteiger charge is 2.39. The molecule has 0 radical (unpaired) electrons. The van der Waals surface area contributed by atoms with Gasteiger partial charge in [0.1, 0.15) is 32.1 Å². The Bertz CT molecular complexity index is 3240. The van der Waals surface area contributed by atoms with Gasteiger partial charge in [-0.1, -0.05) is 44.2 Å². The number of aromatic nitrogens is 8. The molecule has 37 heteroatoms. The van der Waals surface area contributed by atoms with Crippen molar-refractivity contribution in [2.75, 3.05) is 77.5 Å². The summed E-state index contributed by atoms with van der Waals surface area (Å²) in [5, 5.41) is 62.5. The van der Waals surface area contributed by atoms with E-state index < -0.39 is 99.2 Å². The van der Waals surface area contributed by atoms with Crippen molar-refractivity contribution >= 4 is 34.1 Å². The van der Waals surface area contributed by atoms with E-state index in [0.29, 0.717) is 15.4 Å². The second kappa shape index (κ2) is 33.3. The first-order valence-electron chi connectivity index (χ1n) is 25.4. The van der Waals surface area contributed by atoms with Crippen LogP contribution in [-0.4, -0.2) is 194 Å². The molecule has 0 amide bonds. The van der Waals surface area contributed by atoms with Crippen molar-refractivity contribution < 1.29 is 116 Å². The van der Waals surface area contributed by atoms with Gasteiger partial charge >= 0.3 is 18.3 Å². The van der Waals surface area contributed by atoms with Crippen LogP contribution in [0, 0.1) is 0 Å². The lowest BCUT2D eigenvalue weighted by Gasteiger charge is -2.30. The molecule has 4 aromatic heterocycles. The molecule has 0 aliphatic rings. The van der Waals surface area contributed by atoms with Gasteiger partial charge in [-0.15, -0.1) is 5.10 Å². The van der Waals surface area contributed by atoms with Gasteiger partial charge in [0.05, 0.1) is 75.1 Å². The first kappa shape index (κ1) is 66.6. The number of methoxy groups -OCH3 is 1. The third kappa shape index (κ3) is 20.1. The second-order valence-corrected chi connectivity index (χ2v) is 19.0. The maximum atomic E-state index is 15.4. The Kier molecular flexibility index (Phi) is 25.8. The fourth-order valence-corrected chi connectivity index (χ4v) is 8.53. The van der Waals surface area contributed by atoms with Crippen LogP contribution >= 0.6 is 0 Å². The Morgan fingerprint density at radius 3 is 1.97 bits per heavy atom. The summed E-state index contributed by atoms with van der Waals surface area (Å²) >= 11 is 0. The van der Waals surface area contributed by atoms with Gasteiger partial charge in [0, 0.05) is 18.0 Å². The van der Waals surface area contributed by atoms with E-state index in [0.717, 1.165) is 4.68 Å². The fourth-order valence-electron chi connectivity index (χ4n) is 7.11. The number of nitrogens with zero attached hydrogens (tertiary/aromatic N) is 12. The standard InChI is InChI=1S/C49H60N12O24S/c1-31(2)37-13-14-41(51-29-37)86(71,72)58(33(4)84-49(64)79-22-18-75-20-26-81-60(67)68)45-42(85-40-12-7-6-11-39(40)73-5)46(76-23-24-77-47(62)36-10-8-9-34(27-36)30-82-61(69)70)53-43(52-45)35-15-16-50-38(28-35)44-54-55-56-57(44)32(3)83-48(63)78-21-17-74-19-25-80-59(65)66/h6-16,27-29,31-33,65-70H,17-26,30H2,1-5H3. The average Bonchev–Trinajstić information content (AvgIpc) is 1.08. The monoisotopic (exact) mass is 1230 g/mol. The predicted molar refractivity (Wildman–Crippen MR) is 279 cm³/mol. The third-order valence-corrected chi connectivity index (χ3v) is 12.8. The number of rotatable bonds is 35. The Balaban J connectivity index is 1.44. The molecule has 0 bridgehead atoms. The van der Waals surface area contributed by atoms with E-state index in [2.05, 4.69) is 45.0 Å². The topological polar surface area (TPSA) is 435 Å². The summed E-state index contributed by atoms with van der Waals surface area (Å²) in [5.74, 6) is -3.02. The molecule has 2 aromatic carbocycles. The predicted octanol–water partition coefficient (Wildman–Crippen LogP) is 4.68. The van der Waals surface area contributed by atoms with E-state index in [9.17, 15) is 14.4 Å². The largest absolute Gasteiger partial charge is 0.510 e. The van der Waals surface area contributed by atoms with Crippen molar-refractivity contribution in [3.05, 3.63) is 102 Å². The molecule has 2 unspecified atom stereocenters. The lowest BCUT2D eigenvalue weighted by molar-refractivity contribution is -0.497. The molecule has 466 valence electrons. The lowest BCUT2D eigenvalue weighted by atomic mass is 10.1. The smallest absolute Gasteiger partial charge is 0.493 e. The highest BCUT2D eigenvalue weighted by atomic mass is 32.2. The lowest BCUT2D eigenvalue weighted by Crippen LogP contribution is -2.43. The van der Waals surface area contributed by atoms with Gasteiger partial charge in [-0.3, -0.25) is 36.2 Å². The van der Waals surface area contributed by atoms with E-state index in [1.807, 2.05) is 13.8 Å². The van der Waals surface area contributed by atoms with E-state index in [1.165, 1.54) is 87.9 Å². The minimum Gasteiger partial charge on any atom is -0.493 e. The number of tetrazole rings is 1. The number of esters is 1. The molecule has 6 rings (SSSR count). The van der Waals surface area contributed by atoms with Crippen molar-refractivity contribution in [2.45, 2.75) is 57.7 Å². The van der Waals surface area contributed by atoms with Gasteiger partial charge in [0.2, 0.25) is 11.6 Å². The number of benzene rings is 2. The van der Waals surface area contributed by atoms with Crippen molar-refractivity contribution in [3.8, 4) is 46.0 Å². The number of ether oxygens (including phenoxy) is 10. The summed E-state index contributed by atoms with van der Waals surface area (Å²) in [4.78, 5) is 71.1. The highest BCUT2D eigenvalue weighted by molar-refractivity contribution is 7.92. The molecule has 0 saturated heterocycles. The van der Waals surface area contributed by atoms with E-state index in [-0.39, 0.29) is 98.7 Å².